The molecule has 0 aromatic heterocycles. The summed E-state index contributed by atoms with van der Waals surface area (Å²) in [5, 5.41) is 0. The van der Waals surface area contributed by atoms with Crippen molar-refractivity contribution in [2.75, 3.05) is 0 Å². The van der Waals surface area contributed by atoms with Crippen LogP contribution in [0.25, 0.3) is 11.1 Å². The fourth-order valence-corrected chi connectivity index (χ4v) is 3.25. The van der Waals surface area contributed by atoms with Crippen LogP contribution in [0.2, 0.25) is 0 Å². The Morgan fingerprint density at radius 2 is 0.826 bits per heavy atom. The molecular weight excluding hydrogens is 372 g/mol. The molecule has 0 saturated heterocycles. The van der Waals surface area contributed by atoms with Gasteiger partial charge in [-0.1, -0.05) is 55.5 Å². The zero-order valence-corrected chi connectivity index (χ0v) is 20.5. The van der Waals surface area contributed by atoms with Crippen molar-refractivity contribution in [1.29, 1.82) is 0 Å². The second-order valence-corrected chi connectivity index (χ2v) is 6.50. The molecule has 23 heavy (non-hydrogen) atoms. The molecule has 0 nitrogen and oxygen atoms in total. The van der Waals surface area contributed by atoms with Gasteiger partial charge in [0.15, 0.2) is 0 Å². The van der Waals surface area contributed by atoms with E-state index in [0.717, 1.165) is 0 Å². The molecule has 1 unspecified atom stereocenters. The Bertz CT molecular complexity index is 713. The van der Waals surface area contributed by atoms with Crippen LogP contribution in [-0.2, 0) is 32.7 Å². The molecule has 1 atom stereocenters. The summed E-state index contributed by atoms with van der Waals surface area (Å²) in [6.45, 7) is 20.0. The maximum atomic E-state index is 3.66. The normalized spacial score (nSPS) is 10.1. The number of aryl methyl sites for hydroxylation is 1. The van der Waals surface area contributed by atoms with Gasteiger partial charge in [0, 0.05) is 32.7 Å². The number of hydrogen-bond acceptors (Lipinski definition) is 0. The molecule has 2 rings (SSSR count). The first-order chi connectivity index (χ1) is 9.68. The van der Waals surface area contributed by atoms with Crippen LogP contribution in [0, 0.1) is 68.4 Å². The van der Waals surface area contributed by atoms with Gasteiger partial charge in [0.25, 0.3) is 0 Å². The van der Waals surface area contributed by atoms with Crippen molar-refractivity contribution in [2.45, 2.75) is 62.3 Å². The third-order valence-electron chi connectivity index (χ3n) is 5.62. The van der Waals surface area contributed by atoms with Gasteiger partial charge in [-0.25, -0.2) is 0 Å². The first-order valence-corrected chi connectivity index (χ1v) is 7.75. The van der Waals surface area contributed by atoms with Crippen LogP contribution >= 0.6 is 9.90 Å². The van der Waals surface area contributed by atoms with E-state index in [2.05, 4.69) is 68.4 Å². The second kappa shape index (κ2) is 8.37. The zero-order chi connectivity index (χ0) is 16.1. The fraction of sp³-hybridized carbons (Fsp3) is 0.429. The predicted octanol–water partition coefficient (Wildman–Crippen LogP) is 5.99. The van der Waals surface area contributed by atoms with E-state index in [1.807, 2.05) is 0 Å². The van der Waals surface area contributed by atoms with Crippen LogP contribution in [-0.4, -0.2) is 0 Å². The van der Waals surface area contributed by atoms with Gasteiger partial charge in [0.05, 0.1) is 0 Å². The van der Waals surface area contributed by atoms with Crippen LogP contribution in [0.15, 0.2) is 0 Å². The SMILES string of the molecule is Cc1[c-]c(-c2c(C)c(C)c(C)c(C)c2C)c(C)c(C)c1C.P.[Y]. The topological polar surface area (TPSA) is 0 Å². The van der Waals surface area contributed by atoms with Crippen molar-refractivity contribution < 1.29 is 32.7 Å². The Morgan fingerprint density at radius 3 is 1.26 bits per heavy atom. The molecule has 0 aliphatic heterocycles. The van der Waals surface area contributed by atoms with E-state index < -0.39 is 0 Å². The Kier molecular flexibility index (Phi) is 8.37. The molecule has 0 saturated carbocycles. The van der Waals surface area contributed by atoms with Crippen molar-refractivity contribution in [3.8, 4) is 11.1 Å². The monoisotopic (exact) mass is 402 g/mol. The second-order valence-electron chi connectivity index (χ2n) is 6.50. The molecule has 0 aliphatic carbocycles. The summed E-state index contributed by atoms with van der Waals surface area (Å²) in [5.41, 5.74) is 15.1. The summed E-state index contributed by atoms with van der Waals surface area (Å²) < 4.78 is 0. The van der Waals surface area contributed by atoms with E-state index in [0.29, 0.717) is 0 Å². The minimum absolute atomic E-state index is 0. The van der Waals surface area contributed by atoms with Crippen LogP contribution in [0.4, 0.5) is 0 Å². The number of benzene rings is 2. The summed E-state index contributed by atoms with van der Waals surface area (Å²) >= 11 is 0. The average molecular weight is 402 g/mol. The van der Waals surface area contributed by atoms with Gasteiger partial charge in [-0.2, -0.15) is 9.90 Å². The fourth-order valence-electron chi connectivity index (χ4n) is 3.25. The molecule has 0 heterocycles. The third-order valence-corrected chi connectivity index (χ3v) is 5.62. The summed E-state index contributed by atoms with van der Waals surface area (Å²) in [6, 6.07) is 3.66. The van der Waals surface area contributed by atoms with E-state index in [1.54, 1.807) is 0 Å². The van der Waals surface area contributed by atoms with Crippen molar-refractivity contribution >= 4 is 9.90 Å². The Balaban J connectivity index is 0.00000242. The van der Waals surface area contributed by atoms with Crippen LogP contribution in [0.3, 0.4) is 0 Å². The van der Waals surface area contributed by atoms with Gasteiger partial charge in [0.1, 0.15) is 0 Å². The standard InChI is InChI=1S/C21H27.H3P.Y/c1-11-10-20(17(7)13(3)12(11)2)21-18(8)15(5)14(4)16(6)19(21)9;;/h1-9H3;1H3;/q-1;;. The van der Waals surface area contributed by atoms with E-state index in [-0.39, 0.29) is 42.6 Å². The minimum Gasteiger partial charge on any atom is -0.153 e. The number of hydrogen-bond donors (Lipinski definition) is 0. The molecule has 0 aliphatic rings. The molecule has 0 N–H and O–H groups in total. The maximum Gasteiger partial charge on any atom is 0 e. The summed E-state index contributed by atoms with van der Waals surface area (Å²) in [5.74, 6) is 0. The van der Waals surface area contributed by atoms with Gasteiger partial charge in [0.2, 0.25) is 0 Å². The minimum atomic E-state index is 0. The molecular formula is C21H30PY-. The first-order valence-electron chi connectivity index (χ1n) is 7.75. The smallest absolute Gasteiger partial charge is 0 e. The first kappa shape index (κ1) is 23.0. The molecule has 123 valence electrons. The van der Waals surface area contributed by atoms with Crippen molar-refractivity contribution in [3.63, 3.8) is 0 Å². The van der Waals surface area contributed by atoms with Gasteiger partial charge >= 0.3 is 0 Å². The quantitative estimate of drug-likeness (QED) is 0.406. The van der Waals surface area contributed by atoms with E-state index in [9.17, 15) is 0 Å². The molecule has 0 spiro atoms. The largest absolute Gasteiger partial charge is 0.153 e. The third kappa shape index (κ3) is 3.81. The van der Waals surface area contributed by atoms with Crippen molar-refractivity contribution in [3.05, 3.63) is 56.1 Å². The van der Waals surface area contributed by atoms with Gasteiger partial charge < -0.3 is 0 Å². The molecule has 2 heteroatoms. The number of rotatable bonds is 1. The van der Waals surface area contributed by atoms with Gasteiger partial charge in [-0.15, -0.1) is 33.9 Å². The van der Waals surface area contributed by atoms with Crippen LogP contribution in [0.5, 0.6) is 0 Å². The van der Waals surface area contributed by atoms with Crippen LogP contribution < -0.4 is 0 Å². The maximum absolute atomic E-state index is 3.66. The van der Waals surface area contributed by atoms with E-state index in [4.69, 9.17) is 0 Å². The van der Waals surface area contributed by atoms with Gasteiger partial charge in [-0.3, -0.25) is 0 Å². The molecule has 0 bridgehead atoms. The Hall–Kier alpha value is -0.0261. The molecule has 0 amide bonds. The summed E-state index contributed by atoms with van der Waals surface area (Å²) in [4.78, 5) is 0. The molecule has 0 fully saturated rings. The van der Waals surface area contributed by atoms with Crippen molar-refractivity contribution in [1.82, 2.24) is 0 Å². The molecule has 2 aromatic rings. The Morgan fingerprint density at radius 1 is 0.478 bits per heavy atom. The molecule has 2 aromatic carbocycles. The molecule has 1 radical (unpaired) electrons. The summed E-state index contributed by atoms with van der Waals surface area (Å²) in [7, 11) is 0. The van der Waals surface area contributed by atoms with Crippen molar-refractivity contribution in [2.24, 2.45) is 0 Å². The summed E-state index contributed by atoms with van der Waals surface area (Å²) in [6.07, 6.45) is 0. The van der Waals surface area contributed by atoms with E-state index in [1.165, 1.54) is 61.2 Å². The zero-order valence-electron chi connectivity index (χ0n) is 16.3. The van der Waals surface area contributed by atoms with E-state index >= 15 is 0 Å². The van der Waals surface area contributed by atoms with Crippen LogP contribution in [0.1, 0.15) is 50.1 Å². The predicted molar refractivity (Wildman–Crippen MR) is 104 cm³/mol. The van der Waals surface area contributed by atoms with Gasteiger partial charge in [-0.05, 0) is 40.2 Å². The average Bonchev–Trinajstić information content (AvgIpc) is 2.46. The Labute approximate surface area is 171 Å².